The quantitative estimate of drug-likeness (QED) is 0.685. The van der Waals surface area contributed by atoms with Crippen LogP contribution in [0.2, 0.25) is 5.02 Å². The van der Waals surface area contributed by atoms with E-state index in [1.54, 1.807) is 31.4 Å². The molecule has 4 nitrogen and oxygen atoms in total. The summed E-state index contributed by atoms with van der Waals surface area (Å²) in [6.45, 7) is 0. The summed E-state index contributed by atoms with van der Waals surface area (Å²) in [5, 5.41) is 4.43. The number of aromatic nitrogens is 2. The molecule has 0 bridgehead atoms. The zero-order valence-corrected chi connectivity index (χ0v) is 11.3. The number of nitrogens with two attached hydrogens (primary N) is 1. The predicted molar refractivity (Wildman–Crippen MR) is 70.2 cm³/mol. The van der Waals surface area contributed by atoms with Crippen molar-refractivity contribution in [2.45, 2.75) is 0 Å². The maximum absolute atomic E-state index is 12.2. The summed E-state index contributed by atoms with van der Waals surface area (Å²) in [6.07, 6.45) is 1.58. The van der Waals surface area contributed by atoms with E-state index in [2.05, 4.69) is 21.0 Å². The van der Waals surface area contributed by atoms with Crippen LogP contribution in [0.3, 0.4) is 0 Å². The smallest absolute Gasteiger partial charge is 0.212 e. The monoisotopic (exact) mass is 313 g/mol. The highest BCUT2D eigenvalue weighted by molar-refractivity contribution is 9.10. The van der Waals surface area contributed by atoms with E-state index in [0.717, 1.165) is 0 Å². The second kappa shape index (κ2) is 4.50. The molecule has 0 saturated heterocycles. The van der Waals surface area contributed by atoms with Crippen LogP contribution in [0.1, 0.15) is 16.1 Å². The number of hydrogen-bond donors (Lipinski definition) is 1. The first-order chi connectivity index (χ1) is 8.00. The van der Waals surface area contributed by atoms with Gasteiger partial charge in [0.05, 0.1) is 21.4 Å². The Kier molecular flexibility index (Phi) is 3.22. The molecule has 0 atom stereocenters. The van der Waals surface area contributed by atoms with Crippen LogP contribution in [0.25, 0.3) is 0 Å². The number of ketones is 1. The van der Waals surface area contributed by atoms with E-state index < -0.39 is 0 Å². The van der Waals surface area contributed by atoms with Gasteiger partial charge in [-0.2, -0.15) is 5.10 Å². The fraction of sp³-hybridized carbons (Fsp3) is 0.0909. The predicted octanol–water partition coefficient (Wildman–Crippen LogP) is 2.65. The van der Waals surface area contributed by atoms with Crippen molar-refractivity contribution in [3.63, 3.8) is 0 Å². The number of benzene rings is 1. The summed E-state index contributed by atoms with van der Waals surface area (Å²) >= 11 is 9.10. The standard InChI is InChI=1S/C11H9BrClN3O/c1-16-10(7(12)5-15-16)11(17)6-2-3-8(13)9(14)4-6/h2-5H,14H2,1H3. The third-order valence-corrected chi connectivity index (χ3v) is 3.29. The molecule has 1 heterocycles. The average Bonchev–Trinajstić information content (AvgIpc) is 2.62. The second-order valence-electron chi connectivity index (χ2n) is 3.53. The molecule has 1 aromatic heterocycles. The molecule has 0 fully saturated rings. The first kappa shape index (κ1) is 12.1. The number of halogens is 2. The highest BCUT2D eigenvalue weighted by Crippen LogP contribution is 2.23. The maximum atomic E-state index is 12.2. The van der Waals surface area contributed by atoms with Gasteiger partial charge in [-0.15, -0.1) is 0 Å². The van der Waals surface area contributed by atoms with Gasteiger partial charge >= 0.3 is 0 Å². The van der Waals surface area contributed by atoms with E-state index >= 15 is 0 Å². The van der Waals surface area contributed by atoms with Gasteiger partial charge in [0.25, 0.3) is 0 Å². The first-order valence-corrected chi connectivity index (χ1v) is 5.95. The van der Waals surface area contributed by atoms with Gasteiger partial charge < -0.3 is 5.73 Å². The van der Waals surface area contributed by atoms with Crippen LogP contribution in [-0.4, -0.2) is 15.6 Å². The van der Waals surface area contributed by atoms with Gasteiger partial charge in [0, 0.05) is 12.6 Å². The number of nitrogens with zero attached hydrogens (tertiary/aromatic N) is 2. The number of aryl methyl sites for hydroxylation is 1. The molecule has 0 amide bonds. The van der Waals surface area contributed by atoms with E-state index in [-0.39, 0.29) is 5.78 Å². The van der Waals surface area contributed by atoms with Crippen molar-refractivity contribution < 1.29 is 4.79 Å². The highest BCUT2D eigenvalue weighted by Gasteiger charge is 2.17. The van der Waals surface area contributed by atoms with Gasteiger partial charge in [0.1, 0.15) is 5.69 Å². The second-order valence-corrected chi connectivity index (χ2v) is 4.79. The molecule has 0 radical (unpaired) electrons. The first-order valence-electron chi connectivity index (χ1n) is 4.78. The lowest BCUT2D eigenvalue weighted by Gasteiger charge is -2.04. The number of hydrogen-bond acceptors (Lipinski definition) is 3. The molecule has 88 valence electrons. The number of anilines is 1. The SMILES string of the molecule is Cn1ncc(Br)c1C(=O)c1ccc(Cl)c(N)c1. The normalized spacial score (nSPS) is 10.5. The Hall–Kier alpha value is -1.33. The molecule has 6 heteroatoms. The Morgan fingerprint density at radius 2 is 2.24 bits per heavy atom. The minimum Gasteiger partial charge on any atom is -0.398 e. The Morgan fingerprint density at radius 3 is 2.76 bits per heavy atom. The molecule has 0 spiro atoms. The molecule has 0 aliphatic heterocycles. The molecule has 2 N–H and O–H groups in total. The van der Waals surface area contributed by atoms with Crippen LogP contribution in [-0.2, 0) is 7.05 Å². The zero-order chi connectivity index (χ0) is 12.6. The Labute approximate surface area is 111 Å². The third kappa shape index (κ3) is 2.21. The summed E-state index contributed by atoms with van der Waals surface area (Å²) in [4.78, 5) is 12.2. The molecule has 17 heavy (non-hydrogen) atoms. The van der Waals surface area contributed by atoms with Gasteiger partial charge in [-0.1, -0.05) is 11.6 Å². The molecule has 0 saturated carbocycles. The van der Waals surface area contributed by atoms with Crippen molar-refractivity contribution in [2.24, 2.45) is 7.05 Å². The summed E-state index contributed by atoms with van der Waals surface area (Å²) < 4.78 is 2.16. The van der Waals surface area contributed by atoms with Crippen LogP contribution in [0.4, 0.5) is 5.69 Å². The molecule has 0 unspecified atom stereocenters. The van der Waals surface area contributed by atoms with Crippen molar-refractivity contribution in [3.05, 3.63) is 45.1 Å². The van der Waals surface area contributed by atoms with E-state index in [1.807, 2.05) is 0 Å². The van der Waals surface area contributed by atoms with E-state index in [9.17, 15) is 4.79 Å². The highest BCUT2D eigenvalue weighted by atomic mass is 79.9. The van der Waals surface area contributed by atoms with Crippen LogP contribution < -0.4 is 5.73 Å². The zero-order valence-electron chi connectivity index (χ0n) is 8.95. The molecule has 2 rings (SSSR count). The lowest BCUT2D eigenvalue weighted by Crippen LogP contribution is -2.09. The van der Waals surface area contributed by atoms with Crippen molar-refractivity contribution in [1.29, 1.82) is 0 Å². The minimum atomic E-state index is -0.153. The van der Waals surface area contributed by atoms with Gasteiger partial charge in [-0.25, -0.2) is 0 Å². The van der Waals surface area contributed by atoms with E-state index in [0.29, 0.717) is 26.4 Å². The lowest BCUT2D eigenvalue weighted by molar-refractivity contribution is 0.102. The molecular formula is C11H9BrClN3O. The fourth-order valence-corrected chi connectivity index (χ4v) is 2.13. The topological polar surface area (TPSA) is 60.9 Å². The molecular weight excluding hydrogens is 305 g/mol. The molecule has 0 aliphatic rings. The van der Waals surface area contributed by atoms with Crippen LogP contribution in [0.15, 0.2) is 28.9 Å². The largest absolute Gasteiger partial charge is 0.398 e. The van der Waals surface area contributed by atoms with E-state index in [4.69, 9.17) is 17.3 Å². The summed E-state index contributed by atoms with van der Waals surface area (Å²) in [7, 11) is 1.71. The van der Waals surface area contributed by atoms with Gasteiger partial charge in [0.2, 0.25) is 5.78 Å². The number of nitrogen functional groups attached to an aromatic ring is 1. The third-order valence-electron chi connectivity index (χ3n) is 2.37. The van der Waals surface area contributed by atoms with Crippen molar-refractivity contribution >= 4 is 39.0 Å². The summed E-state index contributed by atoms with van der Waals surface area (Å²) in [5.41, 5.74) is 7.02. The Bertz CT molecular complexity index is 575. The summed E-state index contributed by atoms with van der Waals surface area (Å²) in [6, 6.07) is 4.80. The van der Waals surface area contributed by atoms with Gasteiger partial charge in [0.15, 0.2) is 0 Å². The summed E-state index contributed by atoms with van der Waals surface area (Å²) in [5.74, 6) is -0.153. The fourth-order valence-electron chi connectivity index (χ4n) is 1.49. The molecule has 1 aromatic carbocycles. The van der Waals surface area contributed by atoms with Gasteiger partial charge in [-0.05, 0) is 34.1 Å². The van der Waals surface area contributed by atoms with Crippen molar-refractivity contribution in [2.75, 3.05) is 5.73 Å². The van der Waals surface area contributed by atoms with Crippen LogP contribution >= 0.6 is 27.5 Å². The minimum absolute atomic E-state index is 0.153. The molecule has 2 aromatic rings. The average molecular weight is 315 g/mol. The number of rotatable bonds is 2. The molecule has 0 aliphatic carbocycles. The Balaban J connectivity index is 2.48. The Morgan fingerprint density at radius 1 is 1.53 bits per heavy atom. The van der Waals surface area contributed by atoms with Crippen molar-refractivity contribution in [3.8, 4) is 0 Å². The van der Waals surface area contributed by atoms with Crippen LogP contribution in [0.5, 0.6) is 0 Å². The maximum Gasteiger partial charge on any atom is 0.212 e. The van der Waals surface area contributed by atoms with Gasteiger partial charge in [-0.3, -0.25) is 9.48 Å². The van der Waals surface area contributed by atoms with Crippen molar-refractivity contribution in [1.82, 2.24) is 9.78 Å². The lowest BCUT2D eigenvalue weighted by atomic mass is 10.1. The number of carbonyl (C=O) groups excluding carboxylic acids is 1. The van der Waals surface area contributed by atoms with E-state index in [1.165, 1.54) is 4.68 Å². The number of carbonyl (C=O) groups is 1. The van der Waals surface area contributed by atoms with Crippen LogP contribution in [0, 0.1) is 0 Å².